The Morgan fingerprint density at radius 1 is 1.14 bits per heavy atom. The predicted molar refractivity (Wildman–Crippen MR) is 87.7 cm³/mol. The molecule has 21 heavy (non-hydrogen) atoms. The number of anilines is 1. The first kappa shape index (κ1) is 15.3. The molecular weight excluding hydrogens is 260 g/mol. The van der Waals surface area contributed by atoms with Gasteiger partial charge in [-0.05, 0) is 62.6 Å². The highest BCUT2D eigenvalue weighted by Gasteiger charge is 2.09. The van der Waals surface area contributed by atoms with E-state index >= 15 is 0 Å². The van der Waals surface area contributed by atoms with Crippen molar-refractivity contribution in [3.8, 4) is 0 Å². The molecule has 0 saturated carbocycles. The van der Waals surface area contributed by atoms with Crippen LogP contribution in [0, 0.1) is 13.8 Å². The molecule has 0 aliphatic rings. The van der Waals surface area contributed by atoms with Crippen molar-refractivity contribution < 1.29 is 4.79 Å². The van der Waals surface area contributed by atoms with Gasteiger partial charge in [0, 0.05) is 11.3 Å². The zero-order chi connectivity index (χ0) is 15.2. The molecular formula is C18H22N2O. The molecule has 2 rings (SSSR count). The molecule has 0 bridgehead atoms. The Balaban J connectivity index is 2.14. The van der Waals surface area contributed by atoms with E-state index < -0.39 is 0 Å². The smallest absolute Gasteiger partial charge is 0.255 e. The van der Waals surface area contributed by atoms with E-state index in [1.165, 1.54) is 5.56 Å². The second-order valence-corrected chi connectivity index (χ2v) is 5.37. The molecule has 3 nitrogen and oxygen atoms in total. The Kier molecular flexibility index (Phi) is 5.12. The number of benzene rings is 2. The second kappa shape index (κ2) is 7.04. The fourth-order valence-electron chi connectivity index (χ4n) is 2.29. The van der Waals surface area contributed by atoms with E-state index in [2.05, 4.69) is 11.4 Å². The molecule has 0 radical (unpaired) electrons. The van der Waals surface area contributed by atoms with Crippen LogP contribution in [0.5, 0.6) is 0 Å². The molecule has 0 saturated heterocycles. The van der Waals surface area contributed by atoms with E-state index in [-0.39, 0.29) is 5.91 Å². The van der Waals surface area contributed by atoms with Gasteiger partial charge in [0.25, 0.3) is 5.91 Å². The molecule has 110 valence electrons. The minimum atomic E-state index is -0.0628. The lowest BCUT2D eigenvalue weighted by Gasteiger charge is -2.10. The molecule has 3 heteroatoms. The van der Waals surface area contributed by atoms with E-state index in [4.69, 9.17) is 5.73 Å². The summed E-state index contributed by atoms with van der Waals surface area (Å²) in [6.45, 7) is 4.62. The van der Waals surface area contributed by atoms with Crippen LogP contribution in [0.15, 0.2) is 42.5 Å². The minimum absolute atomic E-state index is 0.0628. The van der Waals surface area contributed by atoms with Crippen molar-refractivity contribution >= 4 is 11.6 Å². The van der Waals surface area contributed by atoms with Crippen LogP contribution in [0.1, 0.15) is 33.5 Å². The Bertz CT molecular complexity index is 635. The molecule has 0 spiro atoms. The lowest BCUT2D eigenvalue weighted by Crippen LogP contribution is -2.13. The predicted octanol–water partition coefficient (Wildman–Crippen LogP) is 3.45. The van der Waals surface area contributed by atoms with Gasteiger partial charge < -0.3 is 11.1 Å². The van der Waals surface area contributed by atoms with Crippen molar-refractivity contribution in [2.24, 2.45) is 5.73 Å². The fourth-order valence-corrected chi connectivity index (χ4v) is 2.29. The van der Waals surface area contributed by atoms with Crippen LogP contribution >= 0.6 is 0 Å². The zero-order valence-corrected chi connectivity index (χ0v) is 12.6. The Morgan fingerprint density at radius 2 is 1.95 bits per heavy atom. The molecule has 0 unspecified atom stereocenters. The molecule has 0 aliphatic carbocycles. The van der Waals surface area contributed by atoms with Crippen LogP contribution in [0.2, 0.25) is 0 Å². The van der Waals surface area contributed by atoms with Crippen molar-refractivity contribution in [2.45, 2.75) is 26.7 Å². The van der Waals surface area contributed by atoms with Crippen LogP contribution in [0.25, 0.3) is 0 Å². The highest BCUT2D eigenvalue weighted by molar-refractivity contribution is 6.05. The van der Waals surface area contributed by atoms with E-state index in [9.17, 15) is 4.79 Å². The summed E-state index contributed by atoms with van der Waals surface area (Å²) in [6.07, 6.45) is 1.89. The molecule has 2 aromatic carbocycles. The molecule has 0 heterocycles. The topological polar surface area (TPSA) is 55.1 Å². The van der Waals surface area contributed by atoms with Gasteiger partial charge in [-0.2, -0.15) is 0 Å². The number of nitrogens with one attached hydrogen (secondary N) is 1. The van der Waals surface area contributed by atoms with Crippen molar-refractivity contribution in [3.63, 3.8) is 0 Å². The Morgan fingerprint density at radius 3 is 2.71 bits per heavy atom. The summed E-state index contributed by atoms with van der Waals surface area (Å²) in [5.41, 5.74) is 10.3. The van der Waals surface area contributed by atoms with Gasteiger partial charge in [-0.15, -0.1) is 0 Å². The normalized spacial score (nSPS) is 10.4. The van der Waals surface area contributed by atoms with E-state index in [1.54, 1.807) is 0 Å². The van der Waals surface area contributed by atoms with Gasteiger partial charge in [-0.3, -0.25) is 4.79 Å². The maximum absolute atomic E-state index is 12.4. The fraction of sp³-hybridized carbons (Fsp3) is 0.278. The first-order chi connectivity index (χ1) is 10.1. The Labute approximate surface area is 126 Å². The molecule has 0 fully saturated rings. The first-order valence-corrected chi connectivity index (χ1v) is 7.28. The average molecular weight is 282 g/mol. The van der Waals surface area contributed by atoms with Crippen LogP contribution in [-0.2, 0) is 6.42 Å². The summed E-state index contributed by atoms with van der Waals surface area (Å²) in [5, 5.41) is 2.97. The summed E-state index contributed by atoms with van der Waals surface area (Å²) in [5.74, 6) is -0.0628. The van der Waals surface area contributed by atoms with Crippen LogP contribution in [-0.4, -0.2) is 12.5 Å². The SMILES string of the molecule is Cc1ccc(C)c(C(=O)Nc2cccc(CCCN)c2)c1. The number of carbonyl (C=O) groups is 1. The summed E-state index contributed by atoms with van der Waals surface area (Å²) in [4.78, 5) is 12.4. The highest BCUT2D eigenvalue weighted by atomic mass is 16.1. The lowest BCUT2D eigenvalue weighted by atomic mass is 10.0. The number of nitrogens with two attached hydrogens (primary N) is 1. The molecule has 0 atom stereocenters. The van der Waals surface area contributed by atoms with Crippen molar-refractivity contribution in [2.75, 3.05) is 11.9 Å². The summed E-state index contributed by atoms with van der Waals surface area (Å²) >= 11 is 0. The van der Waals surface area contributed by atoms with E-state index in [0.717, 1.165) is 35.2 Å². The van der Waals surface area contributed by atoms with Crippen LogP contribution in [0.4, 0.5) is 5.69 Å². The number of amides is 1. The third kappa shape index (κ3) is 4.17. The molecule has 0 aromatic heterocycles. The standard InChI is InChI=1S/C18H22N2O/c1-13-8-9-14(2)17(11-13)18(21)20-16-7-3-5-15(12-16)6-4-10-19/h3,5,7-9,11-12H,4,6,10,19H2,1-2H3,(H,20,21). The second-order valence-electron chi connectivity index (χ2n) is 5.37. The molecule has 3 N–H and O–H groups in total. The number of aryl methyl sites for hydroxylation is 3. The van der Waals surface area contributed by atoms with Crippen LogP contribution < -0.4 is 11.1 Å². The molecule has 0 aliphatic heterocycles. The van der Waals surface area contributed by atoms with Gasteiger partial charge >= 0.3 is 0 Å². The lowest BCUT2D eigenvalue weighted by molar-refractivity contribution is 0.102. The number of hydrogen-bond acceptors (Lipinski definition) is 2. The number of rotatable bonds is 5. The Hall–Kier alpha value is -2.13. The minimum Gasteiger partial charge on any atom is -0.330 e. The number of hydrogen-bond donors (Lipinski definition) is 2. The summed E-state index contributed by atoms with van der Waals surface area (Å²) < 4.78 is 0. The number of carbonyl (C=O) groups excluding carboxylic acids is 1. The molecule has 2 aromatic rings. The van der Waals surface area contributed by atoms with Crippen molar-refractivity contribution in [1.29, 1.82) is 0 Å². The van der Waals surface area contributed by atoms with Gasteiger partial charge in [-0.1, -0.05) is 29.8 Å². The van der Waals surface area contributed by atoms with E-state index in [0.29, 0.717) is 6.54 Å². The summed E-state index contributed by atoms with van der Waals surface area (Å²) in [7, 11) is 0. The quantitative estimate of drug-likeness (QED) is 0.882. The van der Waals surface area contributed by atoms with Gasteiger partial charge in [-0.25, -0.2) is 0 Å². The van der Waals surface area contributed by atoms with Crippen LogP contribution in [0.3, 0.4) is 0 Å². The third-order valence-corrected chi connectivity index (χ3v) is 3.49. The van der Waals surface area contributed by atoms with Gasteiger partial charge in [0.15, 0.2) is 0 Å². The summed E-state index contributed by atoms with van der Waals surface area (Å²) in [6, 6.07) is 13.9. The largest absolute Gasteiger partial charge is 0.330 e. The van der Waals surface area contributed by atoms with E-state index in [1.807, 2.05) is 50.2 Å². The monoisotopic (exact) mass is 282 g/mol. The van der Waals surface area contributed by atoms with Gasteiger partial charge in [0.05, 0.1) is 0 Å². The average Bonchev–Trinajstić information content (AvgIpc) is 2.48. The zero-order valence-electron chi connectivity index (χ0n) is 12.6. The van der Waals surface area contributed by atoms with Crippen molar-refractivity contribution in [1.82, 2.24) is 0 Å². The third-order valence-electron chi connectivity index (χ3n) is 3.49. The highest BCUT2D eigenvalue weighted by Crippen LogP contribution is 2.16. The maximum atomic E-state index is 12.4. The first-order valence-electron chi connectivity index (χ1n) is 7.28. The van der Waals surface area contributed by atoms with Crippen molar-refractivity contribution in [3.05, 3.63) is 64.7 Å². The van der Waals surface area contributed by atoms with Gasteiger partial charge in [0.2, 0.25) is 0 Å². The van der Waals surface area contributed by atoms with Gasteiger partial charge in [0.1, 0.15) is 0 Å². The maximum Gasteiger partial charge on any atom is 0.255 e. The molecule has 1 amide bonds.